The maximum atomic E-state index is 10.5. The van der Waals surface area contributed by atoms with Gasteiger partial charge in [0.1, 0.15) is 0 Å². The number of aliphatic carboxylic acids is 1. The smallest absolute Gasteiger partial charge is 0.303 e. The van der Waals surface area contributed by atoms with E-state index in [0.717, 1.165) is 17.0 Å². The lowest BCUT2D eigenvalue weighted by Gasteiger charge is -1.99. The van der Waals surface area contributed by atoms with Gasteiger partial charge in [-0.1, -0.05) is 0 Å². The normalized spacial score (nSPS) is 10.7. The van der Waals surface area contributed by atoms with Crippen molar-refractivity contribution < 1.29 is 9.90 Å². The van der Waals surface area contributed by atoms with Crippen LogP contribution >= 0.6 is 0 Å². The zero-order valence-electron chi connectivity index (χ0n) is 8.34. The molecule has 5 heteroatoms. The van der Waals surface area contributed by atoms with Crippen LogP contribution < -0.4 is 0 Å². The number of imidazole rings is 1. The Balaban J connectivity index is 2.37. The molecule has 0 unspecified atom stereocenters. The van der Waals surface area contributed by atoms with Crippen molar-refractivity contribution >= 4 is 11.6 Å². The maximum Gasteiger partial charge on any atom is 0.303 e. The third-order valence-electron chi connectivity index (χ3n) is 2.14. The van der Waals surface area contributed by atoms with Gasteiger partial charge >= 0.3 is 5.97 Å². The molecule has 0 amide bonds. The second-order valence-corrected chi connectivity index (χ2v) is 3.38. The van der Waals surface area contributed by atoms with Gasteiger partial charge in [-0.3, -0.25) is 9.78 Å². The van der Waals surface area contributed by atoms with Crippen LogP contribution in [0, 0.1) is 6.92 Å². The predicted octanol–water partition coefficient (Wildman–Crippen LogP) is 1.05. The molecule has 0 saturated heterocycles. The van der Waals surface area contributed by atoms with E-state index >= 15 is 0 Å². The van der Waals surface area contributed by atoms with Crippen molar-refractivity contribution in [2.24, 2.45) is 0 Å². The van der Waals surface area contributed by atoms with Crippen molar-refractivity contribution in [3.05, 3.63) is 30.0 Å². The van der Waals surface area contributed by atoms with Crippen LogP contribution in [0.25, 0.3) is 5.65 Å². The molecule has 2 rings (SSSR count). The molecule has 5 nitrogen and oxygen atoms in total. The third-order valence-corrected chi connectivity index (χ3v) is 2.14. The largest absolute Gasteiger partial charge is 0.481 e. The van der Waals surface area contributed by atoms with Gasteiger partial charge in [-0.2, -0.15) is 0 Å². The van der Waals surface area contributed by atoms with Gasteiger partial charge in [0.25, 0.3) is 0 Å². The standard InChI is InChI=1S/C10H11N3O2/c1-7-6-13-5-4-11-8(10(13)12-7)2-3-9(14)15/h4-6H,2-3H2,1H3,(H,14,15). The Morgan fingerprint density at radius 3 is 3.13 bits per heavy atom. The summed E-state index contributed by atoms with van der Waals surface area (Å²) in [6.45, 7) is 1.90. The van der Waals surface area contributed by atoms with Crippen LogP contribution in [0.3, 0.4) is 0 Å². The summed E-state index contributed by atoms with van der Waals surface area (Å²) in [5.41, 5.74) is 2.38. The SMILES string of the molecule is Cc1cn2ccnc(CCC(=O)O)c2n1. The minimum atomic E-state index is -0.818. The van der Waals surface area contributed by atoms with E-state index in [4.69, 9.17) is 5.11 Å². The second kappa shape index (κ2) is 3.68. The summed E-state index contributed by atoms with van der Waals surface area (Å²) in [5, 5.41) is 8.60. The Labute approximate surface area is 86.4 Å². The summed E-state index contributed by atoms with van der Waals surface area (Å²) in [7, 11) is 0. The molecule has 0 saturated carbocycles. The van der Waals surface area contributed by atoms with E-state index in [1.807, 2.05) is 17.5 Å². The molecule has 2 aromatic heterocycles. The molecule has 0 fully saturated rings. The van der Waals surface area contributed by atoms with Gasteiger partial charge in [-0.05, 0) is 6.92 Å². The van der Waals surface area contributed by atoms with Crippen molar-refractivity contribution in [2.45, 2.75) is 19.8 Å². The Bertz CT molecular complexity index is 504. The number of rotatable bonds is 3. The highest BCUT2D eigenvalue weighted by molar-refractivity contribution is 5.67. The van der Waals surface area contributed by atoms with Crippen LogP contribution in [0.5, 0.6) is 0 Å². The second-order valence-electron chi connectivity index (χ2n) is 3.38. The summed E-state index contributed by atoms with van der Waals surface area (Å²) >= 11 is 0. The predicted molar refractivity (Wildman–Crippen MR) is 53.7 cm³/mol. The molecule has 0 radical (unpaired) electrons. The van der Waals surface area contributed by atoms with Crippen LogP contribution in [-0.2, 0) is 11.2 Å². The summed E-state index contributed by atoms with van der Waals surface area (Å²) in [6, 6.07) is 0. The fourth-order valence-corrected chi connectivity index (χ4v) is 1.50. The summed E-state index contributed by atoms with van der Waals surface area (Å²) in [5.74, 6) is -0.818. The van der Waals surface area contributed by atoms with Gasteiger partial charge in [-0.15, -0.1) is 0 Å². The van der Waals surface area contributed by atoms with E-state index in [9.17, 15) is 4.79 Å². The number of carboxylic acids is 1. The van der Waals surface area contributed by atoms with Crippen molar-refractivity contribution in [1.29, 1.82) is 0 Å². The van der Waals surface area contributed by atoms with E-state index in [1.165, 1.54) is 0 Å². The minimum absolute atomic E-state index is 0.0819. The summed E-state index contributed by atoms with van der Waals surface area (Å²) < 4.78 is 1.86. The van der Waals surface area contributed by atoms with Crippen molar-refractivity contribution in [3.63, 3.8) is 0 Å². The maximum absolute atomic E-state index is 10.5. The molecule has 0 aromatic carbocycles. The molecule has 2 aromatic rings. The van der Waals surface area contributed by atoms with Gasteiger partial charge in [-0.25, -0.2) is 4.98 Å². The first-order valence-electron chi connectivity index (χ1n) is 4.68. The molecular formula is C10H11N3O2. The number of carbonyl (C=O) groups is 1. The molecule has 0 atom stereocenters. The molecule has 0 aliphatic heterocycles. The molecule has 0 aliphatic carbocycles. The molecule has 1 N–H and O–H groups in total. The Morgan fingerprint density at radius 1 is 1.60 bits per heavy atom. The van der Waals surface area contributed by atoms with E-state index in [-0.39, 0.29) is 6.42 Å². The Kier molecular flexibility index (Phi) is 2.37. The number of fused-ring (bicyclic) bond motifs is 1. The number of hydrogen-bond donors (Lipinski definition) is 1. The zero-order chi connectivity index (χ0) is 10.8. The number of aromatic nitrogens is 3. The Morgan fingerprint density at radius 2 is 2.40 bits per heavy atom. The number of nitrogens with zero attached hydrogens (tertiary/aromatic N) is 3. The molecule has 2 heterocycles. The van der Waals surface area contributed by atoms with Crippen LogP contribution in [-0.4, -0.2) is 25.4 Å². The zero-order valence-corrected chi connectivity index (χ0v) is 8.34. The summed E-state index contributed by atoms with van der Waals surface area (Å²) in [6.07, 6.45) is 5.85. The van der Waals surface area contributed by atoms with Crippen LogP contribution in [0.4, 0.5) is 0 Å². The topological polar surface area (TPSA) is 67.5 Å². The Hall–Kier alpha value is -1.91. The van der Waals surface area contributed by atoms with Gasteiger partial charge in [0, 0.05) is 25.0 Å². The molecular weight excluding hydrogens is 194 g/mol. The first-order chi connectivity index (χ1) is 7.16. The fraction of sp³-hybridized carbons (Fsp3) is 0.300. The molecule has 15 heavy (non-hydrogen) atoms. The van der Waals surface area contributed by atoms with Crippen molar-refractivity contribution in [3.8, 4) is 0 Å². The lowest BCUT2D eigenvalue weighted by Crippen LogP contribution is -2.01. The van der Waals surface area contributed by atoms with E-state index in [1.54, 1.807) is 12.4 Å². The van der Waals surface area contributed by atoms with Gasteiger partial charge in [0.05, 0.1) is 17.8 Å². The highest BCUT2D eigenvalue weighted by Crippen LogP contribution is 2.09. The van der Waals surface area contributed by atoms with Gasteiger partial charge < -0.3 is 9.51 Å². The molecule has 0 bridgehead atoms. The van der Waals surface area contributed by atoms with Crippen molar-refractivity contribution in [2.75, 3.05) is 0 Å². The minimum Gasteiger partial charge on any atom is -0.481 e. The van der Waals surface area contributed by atoms with Crippen LogP contribution in [0.2, 0.25) is 0 Å². The van der Waals surface area contributed by atoms with Gasteiger partial charge in [0.15, 0.2) is 5.65 Å². The number of carboxylic acid groups (broad SMARTS) is 1. The monoisotopic (exact) mass is 205 g/mol. The van der Waals surface area contributed by atoms with Crippen LogP contribution in [0.1, 0.15) is 17.8 Å². The van der Waals surface area contributed by atoms with E-state index < -0.39 is 5.97 Å². The number of aryl methyl sites for hydroxylation is 2. The molecule has 0 spiro atoms. The average molecular weight is 205 g/mol. The average Bonchev–Trinajstić information content (AvgIpc) is 2.55. The third kappa shape index (κ3) is 1.96. The molecule has 0 aliphatic rings. The van der Waals surface area contributed by atoms with E-state index in [2.05, 4.69) is 9.97 Å². The van der Waals surface area contributed by atoms with Crippen LogP contribution in [0.15, 0.2) is 18.6 Å². The highest BCUT2D eigenvalue weighted by Gasteiger charge is 2.07. The lowest BCUT2D eigenvalue weighted by atomic mass is 10.2. The van der Waals surface area contributed by atoms with Gasteiger partial charge in [0.2, 0.25) is 0 Å². The lowest BCUT2D eigenvalue weighted by molar-refractivity contribution is -0.136. The first kappa shape index (κ1) is 9.64. The molecule has 78 valence electrons. The fourth-order valence-electron chi connectivity index (χ4n) is 1.50. The highest BCUT2D eigenvalue weighted by atomic mass is 16.4. The van der Waals surface area contributed by atoms with Crippen molar-refractivity contribution in [1.82, 2.24) is 14.4 Å². The van der Waals surface area contributed by atoms with E-state index in [0.29, 0.717) is 6.42 Å². The first-order valence-corrected chi connectivity index (χ1v) is 4.68. The quantitative estimate of drug-likeness (QED) is 0.813. The number of hydrogen-bond acceptors (Lipinski definition) is 3. The summed E-state index contributed by atoms with van der Waals surface area (Å²) in [4.78, 5) is 18.9.